The van der Waals surface area contributed by atoms with E-state index in [0.29, 0.717) is 18.3 Å². The number of terminal acetylenes is 1. The van der Waals surface area contributed by atoms with Crippen molar-refractivity contribution in [2.24, 2.45) is 0 Å². The molecule has 0 aliphatic heterocycles. The van der Waals surface area contributed by atoms with Gasteiger partial charge in [-0.15, -0.1) is 6.42 Å². The van der Waals surface area contributed by atoms with E-state index in [0.717, 1.165) is 11.5 Å². The highest BCUT2D eigenvalue weighted by Gasteiger charge is 2.21. The fraction of sp³-hybridized carbons (Fsp3) is 0.353. The Morgan fingerprint density at radius 2 is 1.90 bits per heavy atom. The lowest BCUT2D eigenvalue weighted by molar-refractivity contribution is 0.690. The first-order chi connectivity index (χ1) is 9.56. The molecule has 0 aliphatic rings. The zero-order chi connectivity index (χ0) is 14.7. The van der Waals surface area contributed by atoms with Crippen LogP contribution in [-0.4, -0.2) is 9.55 Å². The lowest BCUT2D eigenvalue weighted by Gasteiger charge is -2.11. The summed E-state index contributed by atoms with van der Waals surface area (Å²) in [7, 11) is 0. The van der Waals surface area contributed by atoms with Gasteiger partial charge in [0, 0.05) is 11.8 Å². The third-order valence-electron chi connectivity index (χ3n) is 3.54. The van der Waals surface area contributed by atoms with E-state index in [1.54, 1.807) is 0 Å². The highest BCUT2D eigenvalue weighted by atomic mass is 15.1. The van der Waals surface area contributed by atoms with Crippen LogP contribution in [0.15, 0.2) is 30.3 Å². The molecule has 0 spiro atoms. The van der Waals surface area contributed by atoms with E-state index < -0.39 is 0 Å². The summed E-state index contributed by atoms with van der Waals surface area (Å²) in [5.74, 6) is 4.75. The molecule has 0 saturated heterocycles. The van der Waals surface area contributed by atoms with E-state index in [9.17, 15) is 0 Å². The summed E-state index contributed by atoms with van der Waals surface area (Å²) in [5.41, 5.74) is 8.39. The molecule has 1 atom stereocenters. The Hall–Kier alpha value is -2.21. The van der Waals surface area contributed by atoms with E-state index >= 15 is 0 Å². The van der Waals surface area contributed by atoms with Gasteiger partial charge in [0.15, 0.2) is 0 Å². The van der Waals surface area contributed by atoms with Gasteiger partial charge >= 0.3 is 0 Å². The summed E-state index contributed by atoms with van der Waals surface area (Å²) in [6, 6.07) is 10.3. The number of anilines is 1. The maximum Gasteiger partial charge on any atom is 0.128 e. The third kappa shape index (κ3) is 2.55. The average Bonchev–Trinajstić information content (AvgIpc) is 2.77. The van der Waals surface area contributed by atoms with Gasteiger partial charge in [-0.2, -0.15) is 0 Å². The van der Waals surface area contributed by atoms with Gasteiger partial charge in [-0.3, -0.25) is 0 Å². The van der Waals surface area contributed by atoms with Crippen molar-refractivity contribution in [2.75, 3.05) is 5.73 Å². The molecule has 1 unspecified atom stereocenters. The standard InChI is InChI=1S/C17H21N3/c1-5-11-20-16(18)15(19-17(20)12(2)3)13(4)14-9-7-6-8-10-14/h1,6-10,12-13H,11,18H2,2-4H3. The first-order valence-corrected chi connectivity index (χ1v) is 6.90. The van der Waals surface area contributed by atoms with Gasteiger partial charge in [-0.1, -0.05) is 57.0 Å². The van der Waals surface area contributed by atoms with E-state index in [4.69, 9.17) is 17.1 Å². The van der Waals surface area contributed by atoms with Crippen molar-refractivity contribution in [2.45, 2.75) is 39.2 Å². The van der Waals surface area contributed by atoms with Gasteiger partial charge in [0.05, 0.1) is 12.2 Å². The highest BCUT2D eigenvalue weighted by Crippen LogP contribution is 2.30. The minimum Gasteiger partial charge on any atom is -0.383 e. The van der Waals surface area contributed by atoms with E-state index in [-0.39, 0.29) is 5.92 Å². The van der Waals surface area contributed by atoms with Crippen molar-refractivity contribution < 1.29 is 0 Å². The normalized spacial score (nSPS) is 12.3. The lowest BCUT2D eigenvalue weighted by Crippen LogP contribution is -2.08. The molecule has 0 amide bonds. The van der Waals surface area contributed by atoms with Crippen LogP contribution in [0.5, 0.6) is 0 Å². The summed E-state index contributed by atoms with van der Waals surface area (Å²) in [4.78, 5) is 4.75. The zero-order valence-corrected chi connectivity index (χ0v) is 12.3. The minimum absolute atomic E-state index is 0.160. The summed E-state index contributed by atoms with van der Waals surface area (Å²) in [6.45, 7) is 6.80. The van der Waals surface area contributed by atoms with Crippen LogP contribution in [0.4, 0.5) is 5.82 Å². The molecule has 0 bridgehead atoms. The number of nitrogen functional groups attached to an aromatic ring is 1. The third-order valence-corrected chi connectivity index (χ3v) is 3.54. The van der Waals surface area contributed by atoms with Crippen LogP contribution in [0.3, 0.4) is 0 Å². The molecule has 0 saturated carbocycles. The predicted molar refractivity (Wildman–Crippen MR) is 83.5 cm³/mol. The van der Waals surface area contributed by atoms with E-state index in [1.807, 2.05) is 22.8 Å². The van der Waals surface area contributed by atoms with Crippen molar-refractivity contribution in [3.05, 3.63) is 47.4 Å². The fourth-order valence-electron chi connectivity index (χ4n) is 2.42. The van der Waals surface area contributed by atoms with E-state index in [1.165, 1.54) is 5.56 Å². The molecule has 3 heteroatoms. The molecule has 20 heavy (non-hydrogen) atoms. The topological polar surface area (TPSA) is 43.8 Å². The molecule has 1 aromatic carbocycles. The molecule has 2 N–H and O–H groups in total. The van der Waals surface area contributed by atoms with Gasteiger partial charge in [-0.05, 0) is 5.56 Å². The number of hydrogen-bond acceptors (Lipinski definition) is 2. The maximum atomic E-state index is 6.27. The Morgan fingerprint density at radius 1 is 1.25 bits per heavy atom. The molecule has 1 aromatic heterocycles. The van der Waals surface area contributed by atoms with Crippen molar-refractivity contribution in [1.82, 2.24) is 9.55 Å². The van der Waals surface area contributed by atoms with Crippen LogP contribution < -0.4 is 5.73 Å². The Morgan fingerprint density at radius 3 is 2.45 bits per heavy atom. The van der Waals surface area contributed by atoms with Crippen LogP contribution in [0.25, 0.3) is 0 Å². The van der Waals surface area contributed by atoms with Crippen LogP contribution in [-0.2, 0) is 6.54 Å². The van der Waals surface area contributed by atoms with Crippen LogP contribution in [0, 0.1) is 12.3 Å². The average molecular weight is 267 g/mol. The molecule has 1 heterocycles. The fourth-order valence-corrected chi connectivity index (χ4v) is 2.42. The number of nitrogens with two attached hydrogens (primary N) is 1. The first kappa shape index (κ1) is 14.2. The summed E-state index contributed by atoms with van der Waals surface area (Å²) in [5, 5.41) is 0. The second kappa shape index (κ2) is 5.83. The number of hydrogen-bond donors (Lipinski definition) is 1. The van der Waals surface area contributed by atoms with Crippen molar-refractivity contribution >= 4 is 5.82 Å². The second-order valence-electron chi connectivity index (χ2n) is 5.32. The Labute approximate surface area is 120 Å². The molecular formula is C17H21N3. The van der Waals surface area contributed by atoms with Gasteiger partial charge in [-0.25, -0.2) is 4.98 Å². The SMILES string of the molecule is C#CCn1c(C(C)C)nc(C(C)c2ccccc2)c1N. The molecule has 3 nitrogen and oxygen atoms in total. The van der Waals surface area contributed by atoms with Gasteiger partial charge < -0.3 is 10.3 Å². The smallest absolute Gasteiger partial charge is 0.128 e. The minimum atomic E-state index is 0.160. The summed E-state index contributed by atoms with van der Waals surface area (Å²) >= 11 is 0. The number of rotatable bonds is 4. The van der Waals surface area contributed by atoms with Crippen molar-refractivity contribution in [1.29, 1.82) is 0 Å². The number of aromatic nitrogens is 2. The highest BCUT2D eigenvalue weighted by molar-refractivity contribution is 5.45. The zero-order valence-electron chi connectivity index (χ0n) is 12.3. The first-order valence-electron chi connectivity index (χ1n) is 6.90. The van der Waals surface area contributed by atoms with Crippen LogP contribution in [0.2, 0.25) is 0 Å². The lowest BCUT2D eigenvalue weighted by atomic mass is 9.98. The van der Waals surface area contributed by atoms with Crippen molar-refractivity contribution in [3.8, 4) is 12.3 Å². The Balaban J connectivity index is 2.48. The molecule has 2 rings (SSSR count). The molecule has 0 aliphatic carbocycles. The van der Waals surface area contributed by atoms with Gasteiger partial charge in [0.2, 0.25) is 0 Å². The number of imidazole rings is 1. The quantitative estimate of drug-likeness (QED) is 0.863. The summed E-state index contributed by atoms with van der Waals surface area (Å²) < 4.78 is 1.94. The van der Waals surface area contributed by atoms with Gasteiger partial charge in [0.25, 0.3) is 0 Å². The number of benzene rings is 1. The molecule has 2 aromatic rings. The molecule has 104 valence electrons. The van der Waals surface area contributed by atoms with Crippen LogP contribution in [0.1, 0.15) is 49.7 Å². The molecule has 0 radical (unpaired) electrons. The van der Waals surface area contributed by atoms with Crippen molar-refractivity contribution in [3.63, 3.8) is 0 Å². The Kier molecular flexibility index (Phi) is 4.14. The molecule has 0 fully saturated rings. The van der Waals surface area contributed by atoms with Gasteiger partial charge in [0.1, 0.15) is 11.6 Å². The second-order valence-corrected chi connectivity index (χ2v) is 5.32. The maximum absolute atomic E-state index is 6.27. The van der Waals surface area contributed by atoms with Crippen LogP contribution >= 0.6 is 0 Å². The molecular weight excluding hydrogens is 246 g/mol. The number of nitrogens with zero attached hydrogens (tertiary/aromatic N) is 2. The van der Waals surface area contributed by atoms with E-state index in [2.05, 4.69) is 38.8 Å². The Bertz CT molecular complexity index is 618. The summed E-state index contributed by atoms with van der Waals surface area (Å²) in [6.07, 6.45) is 5.44. The predicted octanol–water partition coefficient (Wildman–Crippen LogP) is 3.37. The largest absolute Gasteiger partial charge is 0.383 e. The monoisotopic (exact) mass is 267 g/mol.